The summed E-state index contributed by atoms with van der Waals surface area (Å²) in [7, 11) is 2.21. The lowest BCUT2D eigenvalue weighted by Crippen LogP contribution is -2.30. The van der Waals surface area contributed by atoms with Crippen LogP contribution < -0.4 is 5.32 Å². The lowest BCUT2D eigenvalue weighted by Gasteiger charge is -2.30. The standard InChI is InChI=1S/C27H31N7.H2/c1-3-34-19-24(26(32-34)21-7-4-14-28-17-21)25-9-5-15-29-27(31-25)30-23-12-10-20(11-13-23)22-8-6-16-33(2)18-22;/h4-5,7,10-15,17,19,22H,3,6,8-9,16,18H2,1-2H3,(H,29,30);1H. The van der Waals surface area contributed by atoms with Crippen molar-refractivity contribution < 1.29 is 1.43 Å². The smallest absolute Gasteiger partial charge is 0.227 e. The number of allylic oxidation sites excluding steroid dienone is 1. The van der Waals surface area contributed by atoms with Gasteiger partial charge >= 0.3 is 0 Å². The number of aromatic nitrogens is 3. The molecular formula is C27H33N7. The zero-order valence-corrected chi connectivity index (χ0v) is 19.9. The van der Waals surface area contributed by atoms with Gasteiger partial charge in [-0.1, -0.05) is 18.2 Å². The minimum absolute atomic E-state index is 0. The Bertz CT molecular complexity index is 1210. The largest absolute Gasteiger partial charge is 0.324 e. The first kappa shape index (κ1) is 22.2. The minimum atomic E-state index is 0. The van der Waals surface area contributed by atoms with Crippen molar-refractivity contribution in [2.45, 2.75) is 38.6 Å². The third kappa shape index (κ3) is 4.99. The first-order valence-electron chi connectivity index (χ1n) is 12.0. The van der Waals surface area contributed by atoms with Gasteiger partial charge in [-0.05, 0) is 69.1 Å². The van der Waals surface area contributed by atoms with E-state index in [2.05, 4.69) is 64.6 Å². The number of guanidine groups is 1. The second-order valence-electron chi connectivity index (χ2n) is 8.94. The highest BCUT2D eigenvalue weighted by Crippen LogP contribution is 2.27. The average molecular weight is 456 g/mol. The van der Waals surface area contributed by atoms with Gasteiger partial charge in [-0.3, -0.25) is 9.67 Å². The van der Waals surface area contributed by atoms with Crippen molar-refractivity contribution in [1.29, 1.82) is 0 Å². The lowest BCUT2D eigenvalue weighted by molar-refractivity contribution is 0.251. The summed E-state index contributed by atoms with van der Waals surface area (Å²) < 4.78 is 1.94. The summed E-state index contributed by atoms with van der Waals surface area (Å²) in [4.78, 5) is 16.1. The van der Waals surface area contributed by atoms with Gasteiger partial charge in [0.25, 0.3) is 0 Å². The number of anilines is 1. The van der Waals surface area contributed by atoms with E-state index >= 15 is 0 Å². The van der Waals surface area contributed by atoms with Crippen LogP contribution in [0.4, 0.5) is 5.69 Å². The van der Waals surface area contributed by atoms with Crippen molar-refractivity contribution in [2.75, 3.05) is 25.5 Å². The molecule has 0 saturated carbocycles. The summed E-state index contributed by atoms with van der Waals surface area (Å²) in [6.07, 6.45) is 12.7. The van der Waals surface area contributed by atoms with E-state index in [0.29, 0.717) is 18.3 Å². The van der Waals surface area contributed by atoms with Crippen LogP contribution in [0.2, 0.25) is 0 Å². The molecule has 2 aliphatic rings. The Hall–Kier alpha value is -3.58. The fourth-order valence-corrected chi connectivity index (χ4v) is 4.64. The molecule has 1 atom stereocenters. The van der Waals surface area contributed by atoms with E-state index in [9.17, 15) is 0 Å². The van der Waals surface area contributed by atoms with Crippen molar-refractivity contribution in [3.05, 3.63) is 78.4 Å². The molecule has 1 fully saturated rings. The topological polar surface area (TPSA) is 70.7 Å². The van der Waals surface area contributed by atoms with Crippen molar-refractivity contribution in [3.8, 4) is 11.3 Å². The van der Waals surface area contributed by atoms with Crippen LogP contribution in [0, 0.1) is 0 Å². The van der Waals surface area contributed by atoms with E-state index in [-0.39, 0.29) is 1.43 Å². The second-order valence-corrected chi connectivity index (χ2v) is 8.94. The molecule has 1 N–H and O–H groups in total. The minimum Gasteiger partial charge on any atom is -0.324 e. The number of aryl methyl sites for hydroxylation is 1. The monoisotopic (exact) mass is 455 g/mol. The highest BCUT2D eigenvalue weighted by atomic mass is 15.3. The van der Waals surface area contributed by atoms with Crippen LogP contribution in [0.15, 0.2) is 77.2 Å². The van der Waals surface area contributed by atoms with Crippen LogP contribution in [0.3, 0.4) is 0 Å². The van der Waals surface area contributed by atoms with E-state index in [4.69, 9.17) is 10.1 Å². The zero-order valence-electron chi connectivity index (χ0n) is 19.9. The van der Waals surface area contributed by atoms with E-state index in [1.54, 1.807) is 6.20 Å². The number of benzene rings is 1. The number of hydrogen-bond donors (Lipinski definition) is 1. The molecule has 7 nitrogen and oxygen atoms in total. The van der Waals surface area contributed by atoms with Crippen LogP contribution in [0.1, 0.15) is 44.7 Å². The molecule has 3 aromatic rings. The first-order valence-corrected chi connectivity index (χ1v) is 12.0. The summed E-state index contributed by atoms with van der Waals surface area (Å²) in [5.41, 5.74) is 6.20. The number of piperidine rings is 1. The maximum atomic E-state index is 4.91. The van der Waals surface area contributed by atoms with Crippen LogP contribution in [0.25, 0.3) is 11.3 Å². The molecule has 4 heterocycles. The predicted molar refractivity (Wildman–Crippen MR) is 141 cm³/mol. The maximum absolute atomic E-state index is 4.91. The molecule has 1 unspecified atom stereocenters. The molecule has 0 radical (unpaired) electrons. The number of nitrogens with one attached hydrogen (secondary N) is 1. The Morgan fingerprint density at radius 2 is 2.06 bits per heavy atom. The van der Waals surface area contributed by atoms with Gasteiger partial charge < -0.3 is 10.2 Å². The number of likely N-dealkylation sites (N-methyl/N-ethyl adjacent to an activating group) is 1. The molecule has 0 spiro atoms. The quantitative estimate of drug-likeness (QED) is 0.574. The van der Waals surface area contributed by atoms with Gasteiger partial charge in [-0.2, -0.15) is 5.10 Å². The van der Waals surface area contributed by atoms with E-state index < -0.39 is 0 Å². The Morgan fingerprint density at radius 1 is 1.18 bits per heavy atom. The molecule has 2 aromatic heterocycles. The summed E-state index contributed by atoms with van der Waals surface area (Å²) in [5, 5.41) is 8.18. The predicted octanol–water partition coefficient (Wildman–Crippen LogP) is 5.19. The van der Waals surface area contributed by atoms with E-state index in [0.717, 1.165) is 41.3 Å². The van der Waals surface area contributed by atoms with Crippen LogP contribution >= 0.6 is 0 Å². The number of pyridine rings is 1. The van der Waals surface area contributed by atoms with Crippen LogP contribution in [0.5, 0.6) is 0 Å². The van der Waals surface area contributed by atoms with Crippen LogP contribution in [-0.2, 0) is 6.54 Å². The van der Waals surface area contributed by atoms with Crippen molar-refractivity contribution >= 4 is 17.4 Å². The maximum Gasteiger partial charge on any atom is 0.227 e. The highest BCUT2D eigenvalue weighted by molar-refractivity contribution is 6.13. The Balaban J connectivity index is 0.00000289. The molecule has 34 heavy (non-hydrogen) atoms. The molecule has 0 amide bonds. The van der Waals surface area contributed by atoms with Gasteiger partial charge in [0.05, 0.1) is 5.71 Å². The van der Waals surface area contributed by atoms with E-state index in [1.165, 1.54) is 24.9 Å². The molecular weight excluding hydrogens is 422 g/mol. The lowest BCUT2D eigenvalue weighted by atomic mass is 9.91. The molecule has 176 valence electrons. The summed E-state index contributed by atoms with van der Waals surface area (Å²) in [6.45, 7) is 5.20. The molecule has 7 heteroatoms. The SMILES string of the molecule is CCn1cc(C2=NC(Nc3ccc(C4CCCN(C)C4)cc3)=NC=CC2)c(-c2cccnc2)n1.[HH]. The third-order valence-corrected chi connectivity index (χ3v) is 6.45. The summed E-state index contributed by atoms with van der Waals surface area (Å²) in [6, 6.07) is 12.7. The Morgan fingerprint density at radius 3 is 2.82 bits per heavy atom. The molecule has 0 aliphatic carbocycles. The van der Waals surface area contributed by atoms with Gasteiger partial charge in [0, 0.05) is 62.5 Å². The van der Waals surface area contributed by atoms with Gasteiger partial charge in [0.15, 0.2) is 0 Å². The fraction of sp³-hybridized carbons (Fsp3) is 0.333. The first-order chi connectivity index (χ1) is 16.7. The van der Waals surface area contributed by atoms with Crippen molar-refractivity contribution in [1.82, 2.24) is 19.7 Å². The van der Waals surface area contributed by atoms with Crippen molar-refractivity contribution in [2.24, 2.45) is 9.98 Å². The average Bonchev–Trinajstić information content (AvgIpc) is 3.18. The summed E-state index contributed by atoms with van der Waals surface area (Å²) in [5.74, 6) is 1.19. The van der Waals surface area contributed by atoms with Gasteiger partial charge in [0.2, 0.25) is 5.96 Å². The normalized spacial score (nSPS) is 18.8. The van der Waals surface area contributed by atoms with E-state index in [1.807, 2.05) is 35.3 Å². The molecule has 1 saturated heterocycles. The molecule has 5 rings (SSSR count). The van der Waals surface area contributed by atoms with Crippen molar-refractivity contribution in [3.63, 3.8) is 0 Å². The highest BCUT2D eigenvalue weighted by Gasteiger charge is 2.19. The van der Waals surface area contributed by atoms with Gasteiger partial charge in [-0.15, -0.1) is 0 Å². The zero-order chi connectivity index (χ0) is 23.3. The number of aliphatic imine (C=N–C) groups is 2. The number of likely N-dealkylation sites (tertiary alicyclic amines) is 1. The number of rotatable bonds is 5. The van der Waals surface area contributed by atoms with Gasteiger partial charge in [0.1, 0.15) is 5.69 Å². The number of hydrogen-bond acceptors (Lipinski definition) is 6. The van der Waals surface area contributed by atoms with Crippen LogP contribution in [-0.4, -0.2) is 51.5 Å². The number of nitrogens with zero attached hydrogens (tertiary/aromatic N) is 6. The van der Waals surface area contributed by atoms with Gasteiger partial charge in [-0.25, -0.2) is 9.98 Å². The third-order valence-electron chi connectivity index (χ3n) is 6.45. The fourth-order valence-electron chi connectivity index (χ4n) is 4.64. The molecule has 2 aliphatic heterocycles. The Labute approximate surface area is 202 Å². The summed E-state index contributed by atoms with van der Waals surface area (Å²) >= 11 is 0. The Kier molecular flexibility index (Phi) is 6.62. The molecule has 0 bridgehead atoms. The molecule has 1 aromatic carbocycles. The second kappa shape index (κ2) is 10.1.